The van der Waals surface area contributed by atoms with Gasteiger partial charge in [0.25, 0.3) is 5.91 Å². The van der Waals surface area contributed by atoms with Crippen molar-refractivity contribution in [3.63, 3.8) is 0 Å². The molecule has 0 bridgehead atoms. The van der Waals surface area contributed by atoms with Crippen LogP contribution >= 0.6 is 11.6 Å². The average molecular weight is 505 g/mol. The second-order valence-electron chi connectivity index (χ2n) is 8.55. The summed E-state index contributed by atoms with van der Waals surface area (Å²) in [6.45, 7) is 2.40. The zero-order valence-electron chi connectivity index (χ0n) is 19.6. The smallest absolute Gasteiger partial charge is 0.274 e. The number of halogens is 2. The van der Waals surface area contributed by atoms with Gasteiger partial charge >= 0.3 is 0 Å². The fourth-order valence-corrected chi connectivity index (χ4v) is 4.13. The number of rotatable bonds is 9. The molecule has 1 saturated heterocycles. The number of hydroxylamine groups is 1. The Bertz CT molecular complexity index is 1060. The number of carbonyl (C=O) groups is 3. The van der Waals surface area contributed by atoms with Crippen LogP contribution in [0, 0.1) is 11.2 Å². The lowest BCUT2D eigenvalue weighted by atomic mass is 9.78. The van der Waals surface area contributed by atoms with Crippen LogP contribution in [0.2, 0.25) is 5.02 Å². The molecule has 0 radical (unpaired) electrons. The van der Waals surface area contributed by atoms with Crippen LogP contribution < -0.4 is 16.5 Å². The Kier molecular flexibility index (Phi) is 9.20. The summed E-state index contributed by atoms with van der Waals surface area (Å²) in [7, 11) is 0. The number of carbonyl (C=O) groups excluding carboxylic acids is 3. The van der Waals surface area contributed by atoms with Gasteiger partial charge in [-0.15, -0.1) is 0 Å². The number of benzene rings is 2. The molecular formula is C25H30ClFN4O4. The molecular weight excluding hydrogens is 475 g/mol. The van der Waals surface area contributed by atoms with E-state index in [2.05, 4.69) is 10.8 Å². The number of aryl methyl sites for hydroxylation is 1. The Morgan fingerprint density at radius 1 is 1.14 bits per heavy atom. The normalized spacial score (nSPS) is 14.9. The second-order valence-corrected chi connectivity index (χ2v) is 8.99. The van der Waals surface area contributed by atoms with Crippen molar-refractivity contribution >= 4 is 29.3 Å². The van der Waals surface area contributed by atoms with Gasteiger partial charge in [0, 0.05) is 35.8 Å². The number of hydrogen-bond donors (Lipinski definition) is 3. The first-order valence-electron chi connectivity index (χ1n) is 11.5. The van der Waals surface area contributed by atoms with Gasteiger partial charge in [-0.2, -0.15) is 0 Å². The number of nitrogens with two attached hydrogens (primary N) is 1. The SMILES string of the molecule is CCc1ccc(C(=O)NOCC2(C(=O)NCc3ccc(Cl)cc3F)CCN(C(=O)CN)CC2)cc1. The van der Waals surface area contributed by atoms with E-state index in [9.17, 15) is 18.8 Å². The van der Waals surface area contributed by atoms with Gasteiger partial charge in [0.15, 0.2) is 0 Å². The maximum atomic E-state index is 14.2. The quantitative estimate of drug-likeness (QED) is 0.454. The van der Waals surface area contributed by atoms with E-state index in [4.69, 9.17) is 22.2 Å². The molecule has 1 fully saturated rings. The number of hydrogen-bond acceptors (Lipinski definition) is 5. The third-order valence-electron chi connectivity index (χ3n) is 6.32. The predicted octanol–water partition coefficient (Wildman–Crippen LogP) is 2.59. The number of nitrogens with one attached hydrogen (secondary N) is 2. The zero-order valence-corrected chi connectivity index (χ0v) is 20.4. The maximum Gasteiger partial charge on any atom is 0.274 e. The van der Waals surface area contributed by atoms with Crippen molar-refractivity contribution in [3.8, 4) is 0 Å². The summed E-state index contributed by atoms with van der Waals surface area (Å²) in [5.41, 5.74) is 8.68. The van der Waals surface area contributed by atoms with Gasteiger partial charge in [-0.05, 0) is 49.1 Å². The number of piperidine rings is 1. The van der Waals surface area contributed by atoms with Crippen LogP contribution in [0.25, 0.3) is 0 Å². The molecule has 2 aromatic rings. The van der Waals surface area contributed by atoms with Crippen LogP contribution in [-0.2, 0) is 27.4 Å². The topological polar surface area (TPSA) is 114 Å². The van der Waals surface area contributed by atoms with E-state index in [1.165, 1.54) is 12.1 Å². The number of likely N-dealkylation sites (tertiary alicyclic amines) is 1. The van der Waals surface area contributed by atoms with Gasteiger partial charge in [-0.3, -0.25) is 19.2 Å². The van der Waals surface area contributed by atoms with Crippen molar-refractivity contribution in [2.75, 3.05) is 26.2 Å². The van der Waals surface area contributed by atoms with Gasteiger partial charge in [0.2, 0.25) is 11.8 Å². The Morgan fingerprint density at radius 3 is 2.43 bits per heavy atom. The summed E-state index contributed by atoms with van der Waals surface area (Å²) < 4.78 is 14.2. The molecule has 10 heteroatoms. The third kappa shape index (κ3) is 6.78. The first-order chi connectivity index (χ1) is 16.8. The second kappa shape index (κ2) is 12.1. The summed E-state index contributed by atoms with van der Waals surface area (Å²) in [5.74, 6) is -1.50. The minimum absolute atomic E-state index is 0.0365. The minimum atomic E-state index is -1.02. The van der Waals surface area contributed by atoms with Crippen LogP contribution in [0.4, 0.5) is 4.39 Å². The Labute approximate surface area is 208 Å². The molecule has 2 aromatic carbocycles. The predicted molar refractivity (Wildman–Crippen MR) is 130 cm³/mol. The van der Waals surface area contributed by atoms with Gasteiger partial charge in [-0.1, -0.05) is 36.7 Å². The lowest BCUT2D eigenvalue weighted by Gasteiger charge is -2.40. The van der Waals surface area contributed by atoms with E-state index in [0.717, 1.165) is 12.0 Å². The monoisotopic (exact) mass is 504 g/mol. The van der Waals surface area contributed by atoms with E-state index in [0.29, 0.717) is 37.1 Å². The Balaban J connectivity index is 1.66. The van der Waals surface area contributed by atoms with Crippen LogP contribution in [0.5, 0.6) is 0 Å². The standard InChI is InChI=1S/C25H30ClFN4O4/c1-2-17-3-5-18(6-4-17)23(33)30-35-16-25(9-11-31(12-10-25)22(32)14-28)24(34)29-15-19-7-8-20(26)13-21(19)27/h3-8,13H,2,9-12,14-16,28H2,1H3,(H,29,34)(H,30,33). The van der Waals surface area contributed by atoms with Gasteiger partial charge < -0.3 is 16.0 Å². The van der Waals surface area contributed by atoms with Gasteiger partial charge in [0.05, 0.1) is 18.6 Å². The van der Waals surface area contributed by atoms with Crippen LogP contribution in [-0.4, -0.2) is 48.9 Å². The first kappa shape index (κ1) is 26.6. The van der Waals surface area contributed by atoms with Crippen molar-refractivity contribution < 1.29 is 23.6 Å². The molecule has 3 rings (SSSR count). The molecule has 1 aliphatic rings. The molecule has 1 aliphatic heterocycles. The zero-order chi connectivity index (χ0) is 25.4. The molecule has 0 unspecified atom stereocenters. The molecule has 0 spiro atoms. The number of amides is 3. The molecule has 0 atom stereocenters. The van der Waals surface area contributed by atoms with Crippen LogP contribution in [0.3, 0.4) is 0 Å². The molecule has 188 valence electrons. The van der Waals surface area contributed by atoms with E-state index >= 15 is 0 Å². The molecule has 1 heterocycles. The van der Waals surface area contributed by atoms with Crippen molar-refractivity contribution in [3.05, 3.63) is 70.0 Å². The van der Waals surface area contributed by atoms with Crippen LogP contribution in [0.1, 0.15) is 41.3 Å². The van der Waals surface area contributed by atoms with Crippen LogP contribution in [0.15, 0.2) is 42.5 Å². The third-order valence-corrected chi connectivity index (χ3v) is 6.56. The van der Waals surface area contributed by atoms with Gasteiger partial charge in [0.1, 0.15) is 5.82 Å². The molecule has 4 N–H and O–H groups in total. The number of nitrogens with zero attached hydrogens (tertiary/aromatic N) is 1. The molecule has 35 heavy (non-hydrogen) atoms. The van der Waals surface area contributed by atoms with E-state index < -0.39 is 17.1 Å². The summed E-state index contributed by atoms with van der Waals surface area (Å²) in [4.78, 5) is 44.8. The van der Waals surface area contributed by atoms with Crippen molar-refractivity contribution in [2.45, 2.75) is 32.7 Å². The summed E-state index contributed by atoms with van der Waals surface area (Å²) in [5, 5.41) is 3.03. The Hall–Kier alpha value is -3.01. The lowest BCUT2D eigenvalue weighted by molar-refractivity contribution is -0.145. The fourth-order valence-electron chi connectivity index (χ4n) is 3.97. The summed E-state index contributed by atoms with van der Waals surface area (Å²) >= 11 is 5.80. The average Bonchev–Trinajstić information content (AvgIpc) is 2.87. The minimum Gasteiger partial charge on any atom is -0.351 e. The highest BCUT2D eigenvalue weighted by molar-refractivity contribution is 6.30. The summed E-state index contributed by atoms with van der Waals surface area (Å²) in [6.07, 6.45) is 1.46. The Morgan fingerprint density at radius 2 is 1.83 bits per heavy atom. The highest BCUT2D eigenvalue weighted by atomic mass is 35.5. The van der Waals surface area contributed by atoms with E-state index in [-0.39, 0.29) is 36.5 Å². The van der Waals surface area contributed by atoms with Crippen molar-refractivity contribution in [1.82, 2.24) is 15.7 Å². The first-order valence-corrected chi connectivity index (χ1v) is 11.9. The molecule has 3 amide bonds. The fraction of sp³-hybridized carbons (Fsp3) is 0.400. The van der Waals surface area contributed by atoms with Gasteiger partial charge in [-0.25, -0.2) is 9.87 Å². The maximum absolute atomic E-state index is 14.2. The van der Waals surface area contributed by atoms with Crippen molar-refractivity contribution in [1.29, 1.82) is 0 Å². The highest BCUT2D eigenvalue weighted by Gasteiger charge is 2.43. The van der Waals surface area contributed by atoms with Crippen molar-refractivity contribution in [2.24, 2.45) is 11.1 Å². The van der Waals surface area contributed by atoms with E-state index in [1.54, 1.807) is 23.1 Å². The largest absolute Gasteiger partial charge is 0.351 e. The molecule has 8 nitrogen and oxygen atoms in total. The summed E-state index contributed by atoms with van der Waals surface area (Å²) in [6, 6.07) is 11.4. The lowest BCUT2D eigenvalue weighted by Crippen LogP contribution is -2.53. The molecule has 0 saturated carbocycles. The van der Waals surface area contributed by atoms with E-state index in [1.807, 2.05) is 19.1 Å². The molecule has 0 aliphatic carbocycles. The molecule has 0 aromatic heterocycles. The highest BCUT2D eigenvalue weighted by Crippen LogP contribution is 2.32.